The molecule has 1 amide bonds. The lowest BCUT2D eigenvalue weighted by molar-refractivity contribution is -0.122. The van der Waals surface area contributed by atoms with Crippen LogP contribution in [0.15, 0.2) is 35.3 Å². The predicted molar refractivity (Wildman–Crippen MR) is 125 cm³/mol. The van der Waals surface area contributed by atoms with Crippen LogP contribution in [0.2, 0.25) is 5.02 Å². The Morgan fingerprint density at radius 3 is 2.71 bits per heavy atom. The van der Waals surface area contributed by atoms with Crippen LogP contribution in [-0.4, -0.2) is 53.1 Å². The summed E-state index contributed by atoms with van der Waals surface area (Å²) in [7, 11) is 3.09. The van der Waals surface area contributed by atoms with Gasteiger partial charge in [0.25, 0.3) is 17.4 Å². The minimum atomic E-state index is -2.67. The number of carbonyl (C=O) groups excluding carboxylic acids is 1. The normalized spacial score (nSPS) is 15.3. The number of likely N-dealkylation sites (N-methyl/N-ethyl adjacent to an activating group) is 1. The molecule has 2 N–H and O–H groups in total. The highest BCUT2D eigenvalue weighted by Gasteiger charge is 2.34. The molecule has 9 nitrogen and oxygen atoms in total. The molecular weight excluding hydrogens is 470 g/mol. The zero-order valence-corrected chi connectivity index (χ0v) is 19.3. The van der Waals surface area contributed by atoms with E-state index in [0.29, 0.717) is 28.4 Å². The maximum atomic E-state index is 13.5. The minimum absolute atomic E-state index is 0.0417. The first-order chi connectivity index (χ1) is 16.2. The lowest BCUT2D eigenvalue weighted by Crippen LogP contribution is -2.40. The van der Waals surface area contributed by atoms with Crippen molar-refractivity contribution in [3.8, 4) is 5.75 Å². The van der Waals surface area contributed by atoms with Crippen molar-refractivity contribution in [2.45, 2.75) is 18.8 Å². The Morgan fingerprint density at radius 2 is 2.00 bits per heavy atom. The highest BCUT2D eigenvalue weighted by Crippen LogP contribution is 2.31. The van der Waals surface area contributed by atoms with Gasteiger partial charge in [0, 0.05) is 51.1 Å². The number of halogens is 3. The zero-order chi connectivity index (χ0) is 24.5. The number of aromatic nitrogens is 3. The third-order valence-corrected chi connectivity index (χ3v) is 5.88. The van der Waals surface area contributed by atoms with Gasteiger partial charge in [0.05, 0.1) is 11.7 Å². The van der Waals surface area contributed by atoms with Crippen LogP contribution in [0.3, 0.4) is 0 Å². The molecule has 1 aliphatic heterocycles. The summed E-state index contributed by atoms with van der Waals surface area (Å²) in [5, 5.41) is 6.50. The summed E-state index contributed by atoms with van der Waals surface area (Å²) in [5.41, 5.74) is 0.916. The first-order valence-corrected chi connectivity index (χ1v) is 10.9. The second-order valence-electron chi connectivity index (χ2n) is 7.94. The van der Waals surface area contributed by atoms with Crippen molar-refractivity contribution in [1.82, 2.24) is 19.9 Å². The molecule has 1 saturated heterocycles. The number of alkyl halides is 2. The minimum Gasteiger partial charge on any atom is -0.478 e. The number of benzene rings is 1. The van der Waals surface area contributed by atoms with Gasteiger partial charge in [-0.2, -0.15) is 4.98 Å². The van der Waals surface area contributed by atoms with E-state index >= 15 is 0 Å². The summed E-state index contributed by atoms with van der Waals surface area (Å²) >= 11 is 6.28. The second kappa shape index (κ2) is 9.41. The molecule has 0 unspecified atom stereocenters. The number of piperidine rings is 1. The van der Waals surface area contributed by atoms with E-state index < -0.39 is 5.92 Å². The Kier molecular flexibility index (Phi) is 6.56. The number of amides is 1. The first kappa shape index (κ1) is 23.7. The van der Waals surface area contributed by atoms with Crippen molar-refractivity contribution in [2.24, 2.45) is 7.05 Å². The number of pyridine rings is 1. The summed E-state index contributed by atoms with van der Waals surface area (Å²) in [5.74, 6) is -2.35. The van der Waals surface area contributed by atoms with Gasteiger partial charge in [-0.15, -0.1) is 0 Å². The van der Waals surface area contributed by atoms with Gasteiger partial charge < -0.3 is 24.8 Å². The number of nitrogens with zero attached hydrogens (tertiary/aromatic N) is 4. The molecule has 4 rings (SSSR count). The van der Waals surface area contributed by atoms with Gasteiger partial charge in [-0.25, -0.2) is 13.8 Å². The van der Waals surface area contributed by atoms with E-state index in [1.165, 1.54) is 17.8 Å². The molecule has 0 aliphatic carbocycles. The van der Waals surface area contributed by atoms with Gasteiger partial charge in [-0.3, -0.25) is 9.59 Å². The number of aryl methyl sites for hydroxylation is 1. The van der Waals surface area contributed by atoms with Crippen molar-refractivity contribution < 1.29 is 18.3 Å². The lowest BCUT2D eigenvalue weighted by Gasteiger charge is -2.31. The number of carbonyl (C=O) groups is 1. The summed E-state index contributed by atoms with van der Waals surface area (Å²) < 4.78 is 33.8. The second-order valence-corrected chi connectivity index (χ2v) is 8.35. The quantitative estimate of drug-likeness (QED) is 0.545. The molecule has 3 heterocycles. The van der Waals surface area contributed by atoms with Gasteiger partial charge in [-0.05, 0) is 24.3 Å². The topological polar surface area (TPSA) is 101 Å². The fraction of sp³-hybridized carbons (Fsp3) is 0.364. The van der Waals surface area contributed by atoms with E-state index in [1.54, 1.807) is 36.2 Å². The molecule has 1 fully saturated rings. The molecule has 34 heavy (non-hydrogen) atoms. The van der Waals surface area contributed by atoms with Crippen molar-refractivity contribution in [3.63, 3.8) is 0 Å². The number of hydrogen-bond acceptors (Lipinski definition) is 7. The fourth-order valence-electron chi connectivity index (χ4n) is 3.62. The predicted octanol–water partition coefficient (Wildman–Crippen LogP) is 3.09. The van der Waals surface area contributed by atoms with Crippen molar-refractivity contribution in [1.29, 1.82) is 0 Å². The smallest absolute Gasteiger partial charge is 0.293 e. The van der Waals surface area contributed by atoms with E-state index in [0.717, 1.165) is 0 Å². The molecule has 0 atom stereocenters. The number of hydrogen-bond donors (Lipinski definition) is 2. The van der Waals surface area contributed by atoms with Crippen LogP contribution < -0.4 is 25.8 Å². The molecule has 0 spiro atoms. The Labute approximate surface area is 198 Å². The van der Waals surface area contributed by atoms with E-state index in [1.807, 2.05) is 0 Å². The van der Waals surface area contributed by atoms with E-state index in [-0.39, 0.29) is 54.8 Å². The summed E-state index contributed by atoms with van der Waals surface area (Å²) in [6.45, 7) is 0.0186. The van der Waals surface area contributed by atoms with E-state index in [4.69, 9.17) is 16.3 Å². The van der Waals surface area contributed by atoms with Crippen LogP contribution >= 0.6 is 11.6 Å². The Balaban J connectivity index is 1.60. The molecule has 3 aromatic rings. The number of ether oxygens (including phenoxy) is 1. The molecule has 0 saturated carbocycles. The van der Waals surface area contributed by atoms with Crippen LogP contribution in [0.1, 0.15) is 12.8 Å². The van der Waals surface area contributed by atoms with Gasteiger partial charge in [0.1, 0.15) is 5.02 Å². The standard InChI is InChI=1S/C22H23ClF2N6O3/c1-26-18(32)12-34-17-10-13-9-14(3-4-16(13)30(2)20(17)33)28-19-15(23)11-27-21(29-19)31-7-5-22(24,25)6-8-31/h3-4,9-11H,5-8,12H2,1-2H3,(H,26,32)(H,27,28,29). The molecule has 1 aromatic carbocycles. The maximum Gasteiger partial charge on any atom is 0.293 e. The Morgan fingerprint density at radius 1 is 1.26 bits per heavy atom. The van der Waals surface area contributed by atoms with Gasteiger partial charge in [0.15, 0.2) is 18.2 Å². The van der Waals surface area contributed by atoms with E-state index in [9.17, 15) is 18.4 Å². The summed E-state index contributed by atoms with van der Waals surface area (Å²) in [4.78, 5) is 34.3. The van der Waals surface area contributed by atoms with Crippen molar-refractivity contribution in [3.05, 3.63) is 45.8 Å². The zero-order valence-electron chi connectivity index (χ0n) is 18.6. The lowest BCUT2D eigenvalue weighted by atomic mass is 10.1. The number of nitrogens with one attached hydrogen (secondary N) is 2. The van der Waals surface area contributed by atoms with Gasteiger partial charge >= 0.3 is 0 Å². The number of rotatable bonds is 6. The first-order valence-electron chi connectivity index (χ1n) is 10.6. The van der Waals surface area contributed by atoms with Crippen molar-refractivity contribution >= 4 is 45.9 Å². The highest BCUT2D eigenvalue weighted by atomic mass is 35.5. The molecule has 0 radical (unpaired) electrons. The van der Waals surface area contributed by atoms with Gasteiger partial charge in [-0.1, -0.05) is 11.6 Å². The van der Waals surface area contributed by atoms with Gasteiger partial charge in [0.2, 0.25) is 5.95 Å². The monoisotopic (exact) mass is 492 g/mol. The molecule has 2 aromatic heterocycles. The Hall–Kier alpha value is -3.47. The van der Waals surface area contributed by atoms with Crippen LogP contribution in [0.5, 0.6) is 5.75 Å². The number of fused-ring (bicyclic) bond motifs is 1. The summed E-state index contributed by atoms with van der Waals surface area (Å²) in [6, 6.07) is 6.85. The van der Waals surface area contributed by atoms with Crippen molar-refractivity contribution in [2.75, 3.05) is 37.0 Å². The summed E-state index contributed by atoms with van der Waals surface area (Å²) in [6.07, 6.45) is 0.916. The molecular formula is C22H23ClF2N6O3. The van der Waals surface area contributed by atoms with Crippen LogP contribution in [0, 0.1) is 0 Å². The molecule has 180 valence electrons. The molecule has 1 aliphatic rings. The third kappa shape index (κ3) is 5.04. The fourth-order valence-corrected chi connectivity index (χ4v) is 3.76. The average molecular weight is 493 g/mol. The Bertz CT molecular complexity index is 1290. The van der Waals surface area contributed by atoms with Crippen LogP contribution in [0.4, 0.5) is 26.2 Å². The SMILES string of the molecule is CNC(=O)COc1cc2cc(Nc3nc(N4CCC(F)(F)CC4)ncc3Cl)ccc2n(C)c1=O. The van der Waals surface area contributed by atoms with Crippen LogP contribution in [-0.2, 0) is 11.8 Å². The highest BCUT2D eigenvalue weighted by molar-refractivity contribution is 6.32. The van der Waals surface area contributed by atoms with Crippen LogP contribution in [0.25, 0.3) is 10.9 Å². The largest absolute Gasteiger partial charge is 0.478 e. The number of anilines is 3. The maximum absolute atomic E-state index is 13.5. The third-order valence-electron chi connectivity index (χ3n) is 5.60. The van der Waals surface area contributed by atoms with E-state index in [2.05, 4.69) is 20.6 Å². The average Bonchev–Trinajstić information content (AvgIpc) is 2.81. The molecule has 12 heteroatoms. The molecule has 0 bridgehead atoms.